The number of nitro benzene ring substituents is 1. The molecule has 106 valence electrons. The third-order valence-corrected chi connectivity index (χ3v) is 3.33. The fourth-order valence-corrected chi connectivity index (χ4v) is 2.21. The van der Waals surface area contributed by atoms with E-state index in [0.29, 0.717) is 22.9 Å². The van der Waals surface area contributed by atoms with Crippen LogP contribution in [0.4, 0.5) is 17.3 Å². The molecule has 3 rings (SSSR count). The van der Waals surface area contributed by atoms with Crippen LogP contribution in [0, 0.1) is 10.1 Å². The van der Waals surface area contributed by atoms with Crippen LogP contribution in [0.2, 0.25) is 0 Å². The Bertz CT molecular complexity index is 816. The van der Waals surface area contributed by atoms with Gasteiger partial charge < -0.3 is 10.3 Å². The van der Waals surface area contributed by atoms with E-state index in [1.807, 2.05) is 24.3 Å². The van der Waals surface area contributed by atoms with E-state index >= 15 is 0 Å². The number of imidazole rings is 1. The number of halogens is 1. The van der Waals surface area contributed by atoms with Gasteiger partial charge >= 0.3 is 0 Å². The minimum Gasteiger partial charge on any atom is -0.326 e. The predicted octanol–water partition coefficient (Wildman–Crippen LogP) is 3.95. The lowest BCUT2D eigenvalue weighted by Crippen LogP contribution is -1.92. The Morgan fingerprint density at radius 3 is 2.90 bits per heavy atom. The number of nitro groups is 1. The van der Waals surface area contributed by atoms with Crippen molar-refractivity contribution >= 4 is 40.0 Å². The van der Waals surface area contributed by atoms with Gasteiger partial charge in [0.25, 0.3) is 5.69 Å². The molecule has 0 aliphatic heterocycles. The Labute approximate surface area is 124 Å². The summed E-state index contributed by atoms with van der Waals surface area (Å²) in [5.41, 5.74) is 3.15. The van der Waals surface area contributed by atoms with E-state index < -0.39 is 4.92 Å². The minimum atomic E-state index is -0.433. The maximum absolute atomic E-state index is 10.8. The molecule has 3 aromatic rings. The van der Waals surface area contributed by atoms with Gasteiger partial charge in [-0.15, -0.1) is 11.6 Å². The van der Waals surface area contributed by atoms with Crippen LogP contribution in [0.5, 0.6) is 0 Å². The average Bonchev–Trinajstić information content (AvgIpc) is 2.88. The molecular formula is C14H11ClN4O2. The Hall–Kier alpha value is -2.60. The quantitative estimate of drug-likeness (QED) is 0.434. The van der Waals surface area contributed by atoms with Crippen molar-refractivity contribution in [3.63, 3.8) is 0 Å². The Morgan fingerprint density at radius 2 is 2.14 bits per heavy atom. The first-order valence-corrected chi connectivity index (χ1v) is 6.75. The second-order valence-electron chi connectivity index (χ2n) is 4.50. The molecule has 0 radical (unpaired) electrons. The molecule has 1 heterocycles. The zero-order chi connectivity index (χ0) is 14.8. The number of nitrogens with one attached hydrogen (secondary N) is 2. The van der Waals surface area contributed by atoms with E-state index in [1.165, 1.54) is 12.1 Å². The first kappa shape index (κ1) is 13.4. The number of anilines is 2. The molecule has 0 unspecified atom stereocenters. The number of non-ortho nitro benzene ring substituents is 1. The van der Waals surface area contributed by atoms with Crippen LogP contribution in [-0.2, 0) is 5.88 Å². The van der Waals surface area contributed by atoms with Crippen LogP contribution in [-0.4, -0.2) is 14.9 Å². The van der Waals surface area contributed by atoms with Gasteiger partial charge in [-0.2, -0.15) is 0 Å². The van der Waals surface area contributed by atoms with Crippen LogP contribution in [0.1, 0.15) is 5.56 Å². The topological polar surface area (TPSA) is 83.8 Å². The molecule has 0 saturated carbocycles. The Kier molecular flexibility index (Phi) is 3.45. The van der Waals surface area contributed by atoms with Gasteiger partial charge in [0.1, 0.15) is 0 Å². The highest BCUT2D eigenvalue weighted by Crippen LogP contribution is 2.22. The summed E-state index contributed by atoms with van der Waals surface area (Å²) in [5.74, 6) is 0.958. The molecule has 1 aromatic heterocycles. The molecule has 2 aromatic carbocycles. The number of hydrogen-bond acceptors (Lipinski definition) is 4. The lowest BCUT2D eigenvalue weighted by molar-refractivity contribution is -0.384. The van der Waals surface area contributed by atoms with E-state index in [9.17, 15) is 10.1 Å². The van der Waals surface area contributed by atoms with Gasteiger partial charge in [0, 0.05) is 23.7 Å². The summed E-state index contributed by atoms with van der Waals surface area (Å²) in [6.45, 7) is 0. The van der Waals surface area contributed by atoms with E-state index in [1.54, 1.807) is 6.07 Å². The molecular weight excluding hydrogens is 292 g/mol. The molecule has 7 heteroatoms. The van der Waals surface area contributed by atoms with Crippen LogP contribution in [0.15, 0.2) is 42.5 Å². The van der Waals surface area contributed by atoms with E-state index in [0.717, 1.165) is 11.3 Å². The number of fused-ring (bicyclic) bond motifs is 1. The average molecular weight is 303 g/mol. The van der Waals surface area contributed by atoms with Gasteiger partial charge in [-0.05, 0) is 23.8 Å². The number of nitrogens with zero attached hydrogens (tertiary/aromatic N) is 2. The highest BCUT2D eigenvalue weighted by atomic mass is 35.5. The summed E-state index contributed by atoms with van der Waals surface area (Å²) < 4.78 is 0. The van der Waals surface area contributed by atoms with E-state index in [4.69, 9.17) is 11.6 Å². The molecule has 0 fully saturated rings. The van der Waals surface area contributed by atoms with Gasteiger partial charge in [0.05, 0.1) is 16.0 Å². The summed E-state index contributed by atoms with van der Waals surface area (Å²) in [6.07, 6.45) is 0. The van der Waals surface area contributed by atoms with Crippen molar-refractivity contribution in [1.29, 1.82) is 0 Å². The van der Waals surface area contributed by atoms with Gasteiger partial charge in [-0.25, -0.2) is 4.98 Å². The highest BCUT2D eigenvalue weighted by molar-refractivity contribution is 6.17. The fraction of sp³-hybridized carbons (Fsp3) is 0.0714. The molecule has 0 aliphatic rings. The number of benzene rings is 2. The van der Waals surface area contributed by atoms with Crippen molar-refractivity contribution in [2.75, 3.05) is 5.32 Å². The standard InChI is InChI=1S/C14H11ClN4O2/c15-8-9-2-1-3-10(6-9)16-14-17-12-5-4-11(19(20)21)7-13(12)18-14/h1-7H,8H2,(H2,16,17,18). The van der Waals surface area contributed by atoms with Crippen molar-refractivity contribution in [2.45, 2.75) is 5.88 Å². The fourth-order valence-electron chi connectivity index (χ4n) is 2.04. The molecule has 0 amide bonds. The van der Waals surface area contributed by atoms with Crippen molar-refractivity contribution in [2.24, 2.45) is 0 Å². The van der Waals surface area contributed by atoms with Crippen LogP contribution < -0.4 is 5.32 Å². The minimum absolute atomic E-state index is 0.0295. The summed E-state index contributed by atoms with van der Waals surface area (Å²) in [7, 11) is 0. The lowest BCUT2D eigenvalue weighted by atomic mass is 10.2. The second-order valence-corrected chi connectivity index (χ2v) is 4.77. The highest BCUT2D eigenvalue weighted by Gasteiger charge is 2.09. The lowest BCUT2D eigenvalue weighted by Gasteiger charge is -2.03. The number of alkyl halides is 1. The van der Waals surface area contributed by atoms with Gasteiger partial charge in [0.2, 0.25) is 5.95 Å². The molecule has 2 N–H and O–H groups in total. The summed E-state index contributed by atoms with van der Waals surface area (Å²) in [5, 5.41) is 13.9. The first-order chi connectivity index (χ1) is 10.2. The largest absolute Gasteiger partial charge is 0.326 e. The third-order valence-electron chi connectivity index (χ3n) is 3.02. The summed E-state index contributed by atoms with van der Waals surface area (Å²) in [4.78, 5) is 17.7. The third kappa shape index (κ3) is 2.80. The van der Waals surface area contributed by atoms with Crippen LogP contribution in [0.3, 0.4) is 0 Å². The number of aromatic nitrogens is 2. The molecule has 0 saturated heterocycles. The van der Waals surface area contributed by atoms with Crippen LogP contribution >= 0.6 is 11.6 Å². The molecule has 6 nitrogen and oxygen atoms in total. The molecule has 0 atom stereocenters. The van der Waals surface area contributed by atoms with Crippen molar-refractivity contribution < 1.29 is 4.92 Å². The zero-order valence-corrected chi connectivity index (χ0v) is 11.6. The monoisotopic (exact) mass is 302 g/mol. The summed E-state index contributed by atoms with van der Waals surface area (Å²) in [6, 6.07) is 12.1. The van der Waals surface area contributed by atoms with Crippen molar-refractivity contribution in [3.05, 3.63) is 58.1 Å². The molecule has 0 bridgehead atoms. The Balaban J connectivity index is 1.92. The molecule has 0 spiro atoms. The number of H-pyrrole nitrogens is 1. The van der Waals surface area contributed by atoms with Gasteiger partial charge in [0.15, 0.2) is 0 Å². The van der Waals surface area contributed by atoms with E-state index in [2.05, 4.69) is 15.3 Å². The predicted molar refractivity (Wildman–Crippen MR) is 82.0 cm³/mol. The second kappa shape index (κ2) is 5.41. The maximum atomic E-state index is 10.8. The summed E-state index contributed by atoms with van der Waals surface area (Å²) >= 11 is 5.80. The normalized spacial score (nSPS) is 10.7. The van der Waals surface area contributed by atoms with Crippen LogP contribution in [0.25, 0.3) is 11.0 Å². The molecule has 0 aliphatic carbocycles. The SMILES string of the molecule is O=[N+]([O-])c1ccc2nc(Nc3cccc(CCl)c3)[nH]c2c1. The zero-order valence-electron chi connectivity index (χ0n) is 10.8. The number of aromatic amines is 1. The van der Waals surface area contributed by atoms with E-state index in [-0.39, 0.29) is 5.69 Å². The van der Waals surface area contributed by atoms with Gasteiger partial charge in [-0.3, -0.25) is 10.1 Å². The van der Waals surface area contributed by atoms with Gasteiger partial charge in [-0.1, -0.05) is 12.1 Å². The maximum Gasteiger partial charge on any atom is 0.271 e. The molecule has 21 heavy (non-hydrogen) atoms. The smallest absolute Gasteiger partial charge is 0.271 e. The Morgan fingerprint density at radius 1 is 1.29 bits per heavy atom. The van der Waals surface area contributed by atoms with Crippen molar-refractivity contribution in [1.82, 2.24) is 9.97 Å². The number of rotatable bonds is 4. The first-order valence-electron chi connectivity index (χ1n) is 6.22. The van der Waals surface area contributed by atoms with Crippen molar-refractivity contribution in [3.8, 4) is 0 Å². The number of hydrogen-bond donors (Lipinski definition) is 2.